The molecular weight excluding hydrogens is 242 g/mol. The van der Waals surface area contributed by atoms with Crippen LogP contribution in [0.15, 0.2) is 6.07 Å². The highest BCUT2D eigenvalue weighted by Gasteiger charge is 2.16. The van der Waals surface area contributed by atoms with E-state index in [2.05, 4.69) is 16.4 Å². The van der Waals surface area contributed by atoms with E-state index < -0.39 is 0 Å². The second kappa shape index (κ2) is 6.19. The van der Waals surface area contributed by atoms with Gasteiger partial charge in [-0.15, -0.1) is 0 Å². The van der Waals surface area contributed by atoms with Crippen molar-refractivity contribution in [3.63, 3.8) is 0 Å². The van der Waals surface area contributed by atoms with E-state index in [0.717, 1.165) is 25.0 Å². The third-order valence-corrected chi connectivity index (χ3v) is 3.10. The molecule has 1 aromatic heterocycles. The van der Waals surface area contributed by atoms with E-state index >= 15 is 0 Å². The summed E-state index contributed by atoms with van der Waals surface area (Å²) in [7, 11) is 0. The molecule has 1 aliphatic carbocycles. The Hall–Kier alpha value is -2.09. The monoisotopic (exact) mass is 259 g/mol. The van der Waals surface area contributed by atoms with Crippen molar-refractivity contribution in [3.05, 3.63) is 22.9 Å². The Labute approximate surface area is 112 Å². The number of nitrogens with one attached hydrogen (secondary N) is 1. The zero-order chi connectivity index (χ0) is 13.7. The molecule has 0 spiro atoms. The van der Waals surface area contributed by atoms with E-state index in [9.17, 15) is 4.79 Å². The first-order chi connectivity index (χ1) is 9.24. The number of pyridine rings is 1. The first-order valence-electron chi connectivity index (χ1n) is 6.57. The summed E-state index contributed by atoms with van der Waals surface area (Å²) < 4.78 is 4.85. The fourth-order valence-corrected chi connectivity index (χ4v) is 2.21. The summed E-state index contributed by atoms with van der Waals surface area (Å²) in [5.74, 6) is 0.335. The molecule has 1 N–H and O–H groups in total. The van der Waals surface area contributed by atoms with Gasteiger partial charge in [0, 0.05) is 12.2 Å². The summed E-state index contributed by atoms with van der Waals surface area (Å²) in [5, 5.41) is 12.2. The van der Waals surface area contributed by atoms with Gasteiger partial charge in [0.1, 0.15) is 11.9 Å². The summed E-state index contributed by atoms with van der Waals surface area (Å²) in [6.07, 6.45) is 3.34. The van der Waals surface area contributed by atoms with Crippen LogP contribution >= 0.6 is 0 Å². The predicted octanol–water partition coefficient (Wildman–Crippen LogP) is 1.81. The van der Waals surface area contributed by atoms with Crippen molar-refractivity contribution >= 4 is 11.8 Å². The fourth-order valence-electron chi connectivity index (χ4n) is 2.21. The van der Waals surface area contributed by atoms with Gasteiger partial charge in [0.25, 0.3) is 0 Å². The molecule has 0 aromatic carbocycles. The molecule has 0 radical (unpaired) electrons. The molecule has 0 aliphatic heterocycles. The largest absolute Gasteiger partial charge is 0.466 e. The van der Waals surface area contributed by atoms with Crippen LogP contribution in [0.5, 0.6) is 0 Å². The predicted molar refractivity (Wildman–Crippen MR) is 70.7 cm³/mol. The van der Waals surface area contributed by atoms with Gasteiger partial charge in [0.15, 0.2) is 0 Å². The van der Waals surface area contributed by atoms with Gasteiger partial charge in [-0.2, -0.15) is 5.26 Å². The molecule has 1 aliphatic rings. The molecule has 1 aromatic rings. The summed E-state index contributed by atoms with van der Waals surface area (Å²) >= 11 is 0. The van der Waals surface area contributed by atoms with E-state index in [-0.39, 0.29) is 12.4 Å². The average molecular weight is 259 g/mol. The number of carbonyl (C=O) groups excluding carboxylic acids is 1. The lowest BCUT2D eigenvalue weighted by Crippen LogP contribution is -2.13. The van der Waals surface area contributed by atoms with E-state index in [1.165, 1.54) is 5.56 Å². The van der Waals surface area contributed by atoms with Gasteiger partial charge in [0.05, 0.1) is 18.6 Å². The molecule has 19 heavy (non-hydrogen) atoms. The first-order valence-corrected chi connectivity index (χ1v) is 6.57. The van der Waals surface area contributed by atoms with Gasteiger partial charge in [-0.25, -0.2) is 4.98 Å². The number of fused-ring (bicyclic) bond motifs is 1. The first kappa shape index (κ1) is 13.3. The van der Waals surface area contributed by atoms with Gasteiger partial charge >= 0.3 is 5.97 Å². The third-order valence-electron chi connectivity index (χ3n) is 3.10. The number of carbonyl (C=O) groups is 1. The number of hydrogen-bond acceptors (Lipinski definition) is 5. The number of esters is 1. The fraction of sp³-hybridized carbons (Fsp3) is 0.500. The van der Waals surface area contributed by atoms with Crippen molar-refractivity contribution in [3.8, 4) is 6.07 Å². The topological polar surface area (TPSA) is 75.0 Å². The molecule has 0 atom stereocenters. The molecule has 0 bridgehead atoms. The van der Waals surface area contributed by atoms with Crippen molar-refractivity contribution in [1.29, 1.82) is 5.26 Å². The van der Waals surface area contributed by atoms with Crippen molar-refractivity contribution in [2.24, 2.45) is 0 Å². The van der Waals surface area contributed by atoms with Gasteiger partial charge in [0.2, 0.25) is 0 Å². The normalized spacial score (nSPS) is 12.6. The second-order valence-electron chi connectivity index (χ2n) is 4.44. The molecule has 0 unspecified atom stereocenters. The zero-order valence-corrected chi connectivity index (χ0v) is 11.0. The third kappa shape index (κ3) is 3.22. The van der Waals surface area contributed by atoms with Gasteiger partial charge in [-0.3, -0.25) is 4.79 Å². The molecule has 0 saturated heterocycles. The SMILES string of the molecule is CCOC(=O)CCNc1nc2c(cc1C#N)CCC2. The minimum absolute atomic E-state index is 0.241. The minimum Gasteiger partial charge on any atom is -0.466 e. The van der Waals surface area contributed by atoms with Crippen molar-refractivity contribution in [2.75, 3.05) is 18.5 Å². The second-order valence-corrected chi connectivity index (χ2v) is 4.44. The highest BCUT2D eigenvalue weighted by Crippen LogP contribution is 2.24. The highest BCUT2D eigenvalue weighted by atomic mass is 16.5. The van der Waals surface area contributed by atoms with Gasteiger partial charge in [-0.1, -0.05) is 0 Å². The Morgan fingerprint density at radius 3 is 3.16 bits per heavy atom. The average Bonchev–Trinajstić information content (AvgIpc) is 2.85. The molecule has 5 heteroatoms. The van der Waals surface area contributed by atoms with Crippen LogP contribution in [0.25, 0.3) is 0 Å². The molecule has 0 fully saturated rings. The number of nitrogens with zero attached hydrogens (tertiary/aromatic N) is 2. The van der Waals surface area contributed by atoms with Crippen LogP contribution in [0.1, 0.15) is 36.6 Å². The Kier molecular flexibility index (Phi) is 4.35. The molecule has 2 rings (SSSR count). The van der Waals surface area contributed by atoms with E-state index in [1.54, 1.807) is 6.92 Å². The van der Waals surface area contributed by atoms with Crippen LogP contribution < -0.4 is 5.32 Å². The summed E-state index contributed by atoms with van der Waals surface area (Å²) in [5.41, 5.74) is 2.79. The quantitative estimate of drug-likeness (QED) is 0.816. The smallest absolute Gasteiger partial charge is 0.307 e. The van der Waals surface area contributed by atoms with Crippen LogP contribution in [0.2, 0.25) is 0 Å². The Bertz CT molecular complexity index is 520. The van der Waals surface area contributed by atoms with Crippen molar-refractivity contribution < 1.29 is 9.53 Å². The molecule has 5 nitrogen and oxygen atoms in total. The Morgan fingerprint density at radius 2 is 2.42 bits per heavy atom. The molecule has 0 saturated carbocycles. The standard InChI is InChI=1S/C14H17N3O2/c1-2-19-13(18)6-7-16-14-11(9-15)8-10-4-3-5-12(10)17-14/h8H,2-7H2,1H3,(H,16,17). The summed E-state index contributed by atoms with van der Waals surface area (Å²) in [6, 6.07) is 4.05. The molecule has 1 heterocycles. The number of ether oxygens (including phenoxy) is 1. The maximum absolute atomic E-state index is 11.2. The molecule has 100 valence electrons. The van der Waals surface area contributed by atoms with E-state index in [4.69, 9.17) is 10.00 Å². The maximum Gasteiger partial charge on any atom is 0.307 e. The lowest BCUT2D eigenvalue weighted by Gasteiger charge is -2.09. The van der Waals surface area contributed by atoms with Crippen LogP contribution in [-0.4, -0.2) is 24.1 Å². The number of aromatic nitrogens is 1. The lowest BCUT2D eigenvalue weighted by molar-refractivity contribution is -0.142. The number of anilines is 1. The zero-order valence-electron chi connectivity index (χ0n) is 11.0. The van der Waals surface area contributed by atoms with Crippen molar-refractivity contribution in [2.45, 2.75) is 32.6 Å². The van der Waals surface area contributed by atoms with Crippen LogP contribution in [0.3, 0.4) is 0 Å². The Balaban J connectivity index is 2.00. The van der Waals surface area contributed by atoms with Crippen LogP contribution in [0, 0.1) is 11.3 Å². The van der Waals surface area contributed by atoms with Crippen LogP contribution in [0.4, 0.5) is 5.82 Å². The van der Waals surface area contributed by atoms with E-state index in [0.29, 0.717) is 24.5 Å². The van der Waals surface area contributed by atoms with Gasteiger partial charge < -0.3 is 10.1 Å². The van der Waals surface area contributed by atoms with Gasteiger partial charge in [-0.05, 0) is 37.8 Å². The maximum atomic E-state index is 11.2. The molecular formula is C14H17N3O2. The number of hydrogen-bond donors (Lipinski definition) is 1. The lowest BCUT2D eigenvalue weighted by atomic mass is 10.1. The number of rotatable bonds is 5. The number of aryl methyl sites for hydroxylation is 2. The summed E-state index contributed by atoms with van der Waals surface area (Å²) in [6.45, 7) is 2.60. The Morgan fingerprint density at radius 1 is 1.58 bits per heavy atom. The summed E-state index contributed by atoms with van der Waals surface area (Å²) in [4.78, 5) is 15.7. The van der Waals surface area contributed by atoms with E-state index in [1.807, 2.05) is 6.07 Å². The van der Waals surface area contributed by atoms with Crippen molar-refractivity contribution in [1.82, 2.24) is 4.98 Å². The minimum atomic E-state index is -0.241. The molecule has 0 amide bonds. The highest BCUT2D eigenvalue weighted by molar-refractivity contribution is 5.70. The van der Waals surface area contributed by atoms with Crippen LogP contribution in [-0.2, 0) is 22.4 Å². The number of nitriles is 1.